The van der Waals surface area contributed by atoms with Gasteiger partial charge in [0.05, 0.1) is 10.0 Å². The zero-order valence-electron chi connectivity index (χ0n) is 15.6. The van der Waals surface area contributed by atoms with Crippen LogP contribution < -0.4 is 15.4 Å². The Morgan fingerprint density at radius 2 is 1.93 bits per heavy atom. The topological polar surface area (TPSA) is 62.3 Å². The summed E-state index contributed by atoms with van der Waals surface area (Å²) in [6.45, 7) is 5.80. The van der Waals surface area contributed by atoms with E-state index in [0.29, 0.717) is 16.0 Å². The molecular formula is C19H25Cl2N5O. The number of aryl methyl sites for hydroxylation is 1. The fourth-order valence-corrected chi connectivity index (χ4v) is 3.39. The number of aromatic nitrogens is 2. The summed E-state index contributed by atoms with van der Waals surface area (Å²) in [5.41, 5.74) is 0.942. The first-order valence-corrected chi connectivity index (χ1v) is 9.90. The zero-order valence-corrected chi connectivity index (χ0v) is 17.1. The van der Waals surface area contributed by atoms with E-state index in [-0.39, 0.29) is 6.10 Å². The molecule has 0 atom stereocenters. The molecule has 8 heteroatoms. The van der Waals surface area contributed by atoms with Crippen LogP contribution in [-0.2, 0) is 0 Å². The Kier molecular flexibility index (Phi) is 6.99. The van der Waals surface area contributed by atoms with E-state index in [0.717, 1.165) is 56.3 Å². The molecule has 0 aliphatic carbocycles. The Balaban J connectivity index is 1.40. The molecular weight excluding hydrogens is 385 g/mol. The first-order chi connectivity index (χ1) is 13.0. The minimum absolute atomic E-state index is 0.217. The third-order valence-corrected chi connectivity index (χ3v) is 5.28. The van der Waals surface area contributed by atoms with Crippen molar-refractivity contribution >= 4 is 35.0 Å². The summed E-state index contributed by atoms with van der Waals surface area (Å²) in [5, 5.41) is 7.43. The van der Waals surface area contributed by atoms with E-state index >= 15 is 0 Å². The van der Waals surface area contributed by atoms with Crippen LogP contribution in [0.15, 0.2) is 24.3 Å². The van der Waals surface area contributed by atoms with E-state index in [2.05, 4.69) is 25.5 Å². The van der Waals surface area contributed by atoms with Crippen molar-refractivity contribution in [1.82, 2.24) is 14.9 Å². The fourth-order valence-electron chi connectivity index (χ4n) is 3.11. The highest BCUT2D eigenvalue weighted by Gasteiger charge is 2.20. The van der Waals surface area contributed by atoms with Crippen molar-refractivity contribution in [3.05, 3.63) is 40.0 Å². The lowest BCUT2D eigenvalue weighted by molar-refractivity contribution is 0.103. The number of piperidine rings is 1. The van der Waals surface area contributed by atoms with Crippen molar-refractivity contribution in [2.75, 3.05) is 43.9 Å². The summed E-state index contributed by atoms with van der Waals surface area (Å²) >= 11 is 12.0. The van der Waals surface area contributed by atoms with Crippen LogP contribution in [0.1, 0.15) is 18.5 Å². The standard InChI is InChI=1S/C19H25Cl2N5O/c1-13-11-18(25-19(22-2)24-13)23-7-10-26-8-5-14(6-9-26)27-15-3-4-16(20)17(21)12-15/h3-4,11-12,14H,5-10H2,1-2H3,(H2,22,23,24,25). The van der Waals surface area contributed by atoms with E-state index in [1.165, 1.54) is 0 Å². The zero-order chi connectivity index (χ0) is 19.2. The first-order valence-electron chi connectivity index (χ1n) is 9.15. The molecule has 146 valence electrons. The Morgan fingerprint density at radius 1 is 1.15 bits per heavy atom. The second kappa shape index (κ2) is 9.44. The van der Waals surface area contributed by atoms with Crippen molar-refractivity contribution in [3.8, 4) is 5.75 Å². The number of hydrogen-bond donors (Lipinski definition) is 2. The van der Waals surface area contributed by atoms with Crippen LogP contribution in [0.25, 0.3) is 0 Å². The Hall–Kier alpha value is -1.76. The fraction of sp³-hybridized carbons (Fsp3) is 0.474. The van der Waals surface area contributed by atoms with Crippen molar-refractivity contribution in [2.24, 2.45) is 0 Å². The lowest BCUT2D eigenvalue weighted by Gasteiger charge is -2.32. The van der Waals surface area contributed by atoms with Crippen molar-refractivity contribution in [1.29, 1.82) is 0 Å². The van der Waals surface area contributed by atoms with Crippen LogP contribution in [0.4, 0.5) is 11.8 Å². The highest BCUT2D eigenvalue weighted by Crippen LogP contribution is 2.28. The Bertz CT molecular complexity index is 766. The van der Waals surface area contributed by atoms with Gasteiger partial charge in [0.25, 0.3) is 0 Å². The van der Waals surface area contributed by atoms with Gasteiger partial charge >= 0.3 is 0 Å². The van der Waals surface area contributed by atoms with E-state index in [4.69, 9.17) is 27.9 Å². The van der Waals surface area contributed by atoms with Gasteiger partial charge in [0, 0.05) is 51.1 Å². The Morgan fingerprint density at radius 3 is 2.63 bits per heavy atom. The highest BCUT2D eigenvalue weighted by atomic mass is 35.5. The minimum atomic E-state index is 0.217. The third-order valence-electron chi connectivity index (χ3n) is 4.54. The second-order valence-electron chi connectivity index (χ2n) is 6.63. The number of hydrogen-bond acceptors (Lipinski definition) is 6. The maximum Gasteiger partial charge on any atom is 0.224 e. The molecule has 0 amide bonds. The molecule has 1 aliphatic rings. The summed E-state index contributed by atoms with van der Waals surface area (Å²) < 4.78 is 6.04. The van der Waals surface area contributed by atoms with Gasteiger partial charge in [-0.25, -0.2) is 4.98 Å². The van der Waals surface area contributed by atoms with Crippen LogP contribution in [0.2, 0.25) is 10.0 Å². The van der Waals surface area contributed by atoms with Crippen molar-refractivity contribution in [3.63, 3.8) is 0 Å². The second-order valence-corrected chi connectivity index (χ2v) is 7.44. The number of ether oxygens (including phenoxy) is 1. The van der Waals surface area contributed by atoms with Gasteiger partial charge in [0.15, 0.2) is 0 Å². The lowest BCUT2D eigenvalue weighted by Crippen LogP contribution is -2.40. The molecule has 1 saturated heterocycles. The van der Waals surface area contributed by atoms with E-state index in [1.807, 2.05) is 26.1 Å². The molecule has 1 aromatic heterocycles. The molecule has 0 spiro atoms. The molecule has 1 aliphatic heterocycles. The maximum atomic E-state index is 6.05. The molecule has 2 N–H and O–H groups in total. The molecule has 27 heavy (non-hydrogen) atoms. The molecule has 2 heterocycles. The minimum Gasteiger partial charge on any atom is -0.490 e. The van der Waals surface area contributed by atoms with E-state index in [1.54, 1.807) is 12.1 Å². The van der Waals surface area contributed by atoms with Crippen LogP contribution in [0.5, 0.6) is 5.75 Å². The molecule has 0 radical (unpaired) electrons. The predicted molar refractivity (Wildman–Crippen MR) is 111 cm³/mol. The Labute approximate surface area is 170 Å². The van der Waals surface area contributed by atoms with Gasteiger partial charge in [-0.1, -0.05) is 23.2 Å². The van der Waals surface area contributed by atoms with Crippen molar-refractivity contribution in [2.45, 2.75) is 25.9 Å². The van der Waals surface area contributed by atoms with Gasteiger partial charge in [-0.2, -0.15) is 4.98 Å². The number of benzene rings is 1. The van der Waals surface area contributed by atoms with E-state index < -0.39 is 0 Å². The van der Waals surface area contributed by atoms with Gasteiger partial charge < -0.3 is 20.3 Å². The van der Waals surface area contributed by atoms with Gasteiger partial charge in [0.2, 0.25) is 5.95 Å². The van der Waals surface area contributed by atoms with Gasteiger partial charge in [-0.05, 0) is 31.9 Å². The molecule has 1 fully saturated rings. The van der Waals surface area contributed by atoms with Crippen LogP contribution in [0.3, 0.4) is 0 Å². The SMILES string of the molecule is CNc1nc(C)cc(NCCN2CCC(Oc3ccc(Cl)c(Cl)c3)CC2)n1. The number of nitrogens with zero attached hydrogens (tertiary/aromatic N) is 3. The summed E-state index contributed by atoms with van der Waals surface area (Å²) in [6.07, 6.45) is 2.21. The van der Waals surface area contributed by atoms with Crippen molar-refractivity contribution < 1.29 is 4.74 Å². The predicted octanol–water partition coefficient (Wildman–Crippen LogP) is 4.09. The average Bonchev–Trinajstić information content (AvgIpc) is 2.66. The number of likely N-dealkylation sites (tertiary alicyclic amines) is 1. The summed E-state index contributed by atoms with van der Waals surface area (Å²) in [7, 11) is 1.82. The van der Waals surface area contributed by atoms with E-state index in [9.17, 15) is 0 Å². The van der Waals surface area contributed by atoms with Gasteiger partial charge in [-0.3, -0.25) is 0 Å². The molecule has 0 bridgehead atoms. The number of halogens is 2. The molecule has 1 aromatic carbocycles. The van der Waals surface area contributed by atoms with Crippen LogP contribution in [-0.4, -0.2) is 54.2 Å². The quantitative estimate of drug-likeness (QED) is 0.717. The monoisotopic (exact) mass is 409 g/mol. The smallest absolute Gasteiger partial charge is 0.224 e. The number of anilines is 2. The molecule has 3 rings (SSSR count). The average molecular weight is 410 g/mol. The normalized spacial score (nSPS) is 15.6. The number of nitrogens with one attached hydrogen (secondary N) is 2. The van der Waals surface area contributed by atoms with Gasteiger partial charge in [0.1, 0.15) is 17.7 Å². The van der Waals surface area contributed by atoms with Gasteiger partial charge in [-0.15, -0.1) is 0 Å². The molecule has 6 nitrogen and oxygen atoms in total. The summed E-state index contributed by atoms with van der Waals surface area (Å²) in [5.74, 6) is 2.27. The molecule has 0 unspecified atom stereocenters. The third kappa shape index (κ3) is 5.86. The number of rotatable bonds is 7. The maximum absolute atomic E-state index is 6.05. The summed E-state index contributed by atoms with van der Waals surface area (Å²) in [6, 6.07) is 7.38. The first kappa shape index (κ1) is 20.0. The molecule has 0 saturated carbocycles. The largest absolute Gasteiger partial charge is 0.490 e. The molecule has 2 aromatic rings. The lowest BCUT2D eigenvalue weighted by atomic mass is 10.1. The van der Waals surface area contributed by atoms with Crippen LogP contribution in [0, 0.1) is 6.92 Å². The summed E-state index contributed by atoms with van der Waals surface area (Å²) in [4.78, 5) is 11.2. The highest BCUT2D eigenvalue weighted by molar-refractivity contribution is 6.42. The van der Waals surface area contributed by atoms with Crippen LogP contribution >= 0.6 is 23.2 Å².